The predicted octanol–water partition coefficient (Wildman–Crippen LogP) is 4.19. The summed E-state index contributed by atoms with van der Waals surface area (Å²) >= 11 is 7.16. The number of aliphatic carboxylic acids is 1. The zero-order valence-corrected chi connectivity index (χ0v) is 22.6. The molecule has 1 aromatic heterocycles. The summed E-state index contributed by atoms with van der Waals surface area (Å²) in [7, 11) is 0. The highest BCUT2D eigenvalue weighted by atomic mass is 35.5. The Kier molecular flexibility index (Phi) is 7.46. The molecule has 0 bridgehead atoms. The molecule has 2 amide bonds. The van der Waals surface area contributed by atoms with Crippen LogP contribution in [0.1, 0.15) is 63.2 Å². The van der Waals surface area contributed by atoms with E-state index in [0.29, 0.717) is 36.5 Å². The van der Waals surface area contributed by atoms with E-state index in [1.807, 2.05) is 12.1 Å². The van der Waals surface area contributed by atoms with E-state index in [1.54, 1.807) is 29.3 Å². The van der Waals surface area contributed by atoms with Crippen molar-refractivity contribution in [3.05, 3.63) is 39.7 Å². The highest BCUT2D eigenvalue weighted by Crippen LogP contribution is 2.41. The summed E-state index contributed by atoms with van der Waals surface area (Å²) in [5.74, 6) is -1.53. The van der Waals surface area contributed by atoms with Gasteiger partial charge in [-0.2, -0.15) is 0 Å². The Morgan fingerprint density at radius 1 is 1.19 bits per heavy atom. The number of hydrogen-bond donors (Lipinski definition) is 3. The van der Waals surface area contributed by atoms with Gasteiger partial charge in [-0.3, -0.25) is 14.4 Å². The largest absolute Gasteiger partial charge is 0.481 e. The maximum absolute atomic E-state index is 13.3. The molecule has 0 radical (unpaired) electrons. The second kappa shape index (κ2) is 10.1. The Bertz CT molecular complexity index is 1150. The molecule has 0 unspecified atom stereocenters. The molecular formula is C26H33ClN4O4S. The van der Waals surface area contributed by atoms with E-state index in [0.717, 1.165) is 12.0 Å². The third-order valence-corrected chi connectivity index (χ3v) is 8.17. The highest BCUT2D eigenvalue weighted by molar-refractivity contribution is 7.12. The zero-order chi connectivity index (χ0) is 26.3. The maximum Gasteiger partial charge on any atom is 0.311 e. The molecule has 2 aromatic rings. The molecule has 4 atom stereocenters. The van der Waals surface area contributed by atoms with Gasteiger partial charge in [0.25, 0.3) is 5.91 Å². The summed E-state index contributed by atoms with van der Waals surface area (Å²) in [5, 5.41) is 19.2. The molecule has 3 N–H and O–H groups in total. The first kappa shape index (κ1) is 26.6. The Balaban J connectivity index is 1.42. The molecule has 0 spiro atoms. The lowest BCUT2D eigenvalue weighted by molar-refractivity contribution is -0.158. The Hall–Kier alpha value is -2.49. The summed E-state index contributed by atoms with van der Waals surface area (Å²) in [6, 6.07) is 6.15. The molecule has 36 heavy (non-hydrogen) atoms. The minimum Gasteiger partial charge on any atom is -0.481 e. The average molecular weight is 533 g/mol. The number of amides is 2. The number of carbonyl (C=O) groups is 3. The number of carboxylic acids is 1. The second-order valence-electron chi connectivity index (χ2n) is 11.0. The van der Waals surface area contributed by atoms with Gasteiger partial charge in [0.1, 0.15) is 6.04 Å². The summed E-state index contributed by atoms with van der Waals surface area (Å²) in [4.78, 5) is 44.7. The minimum absolute atomic E-state index is 0.0651. The summed E-state index contributed by atoms with van der Waals surface area (Å²) < 4.78 is 0. The van der Waals surface area contributed by atoms with Crippen LogP contribution in [0, 0.1) is 5.41 Å². The van der Waals surface area contributed by atoms with E-state index >= 15 is 0 Å². The fourth-order valence-corrected chi connectivity index (χ4v) is 6.24. The topological polar surface area (TPSA) is 112 Å². The molecule has 1 saturated heterocycles. The maximum atomic E-state index is 13.3. The van der Waals surface area contributed by atoms with Crippen molar-refractivity contribution < 1.29 is 19.5 Å². The van der Waals surface area contributed by atoms with E-state index in [2.05, 4.69) is 36.4 Å². The van der Waals surface area contributed by atoms with Crippen LogP contribution in [-0.2, 0) is 9.59 Å². The molecule has 2 fully saturated rings. The minimum atomic E-state index is -1.07. The fourth-order valence-electron chi connectivity index (χ4n) is 5.39. The molecule has 1 aliphatic heterocycles. The van der Waals surface area contributed by atoms with Gasteiger partial charge in [-0.15, -0.1) is 11.3 Å². The van der Waals surface area contributed by atoms with Crippen molar-refractivity contribution in [2.45, 2.75) is 77.0 Å². The number of thiazole rings is 1. The lowest BCUT2D eigenvalue weighted by atomic mass is 9.68. The normalized spacial score (nSPS) is 26.8. The SMILES string of the molecule is CC(C)(C)N[C@@H]1CC[C@H](N2CC[C@H](NC(=O)c3nc(-c4ccc(Cl)cc4)cs3)C2=O)[C@](C)(C(=O)O)C1. The monoisotopic (exact) mass is 532 g/mol. The molecule has 1 aliphatic carbocycles. The van der Waals surface area contributed by atoms with Gasteiger partial charge in [0.05, 0.1) is 11.1 Å². The van der Waals surface area contributed by atoms with Crippen LogP contribution in [0.5, 0.6) is 0 Å². The van der Waals surface area contributed by atoms with Gasteiger partial charge in [-0.25, -0.2) is 4.98 Å². The Labute approximate surface area is 220 Å². The van der Waals surface area contributed by atoms with Crippen molar-refractivity contribution in [1.82, 2.24) is 20.5 Å². The summed E-state index contributed by atoms with van der Waals surface area (Å²) in [6.45, 7) is 8.35. The van der Waals surface area contributed by atoms with Crippen LogP contribution in [0.3, 0.4) is 0 Å². The van der Waals surface area contributed by atoms with Gasteiger partial charge < -0.3 is 20.6 Å². The second-order valence-corrected chi connectivity index (χ2v) is 12.3. The third kappa shape index (κ3) is 5.58. The summed E-state index contributed by atoms with van der Waals surface area (Å²) in [5.41, 5.74) is 0.318. The van der Waals surface area contributed by atoms with Crippen molar-refractivity contribution >= 4 is 40.7 Å². The van der Waals surface area contributed by atoms with Crippen molar-refractivity contribution in [1.29, 1.82) is 0 Å². The molecule has 2 aliphatic rings. The number of nitrogens with zero attached hydrogens (tertiary/aromatic N) is 2. The Morgan fingerprint density at radius 2 is 1.89 bits per heavy atom. The number of aromatic nitrogens is 1. The van der Waals surface area contributed by atoms with Gasteiger partial charge in [-0.1, -0.05) is 23.7 Å². The lowest BCUT2D eigenvalue weighted by Crippen LogP contribution is -2.59. The number of hydrogen-bond acceptors (Lipinski definition) is 6. The van der Waals surface area contributed by atoms with Crippen LogP contribution in [0.15, 0.2) is 29.6 Å². The third-order valence-electron chi connectivity index (χ3n) is 7.08. The number of carbonyl (C=O) groups excluding carboxylic acids is 2. The number of rotatable bonds is 6. The van der Waals surface area contributed by atoms with Gasteiger partial charge in [-0.05, 0) is 65.5 Å². The number of halogens is 1. The first-order valence-corrected chi connectivity index (χ1v) is 13.5. The van der Waals surface area contributed by atoms with Crippen molar-refractivity contribution in [3.8, 4) is 11.3 Å². The highest BCUT2D eigenvalue weighted by Gasteiger charge is 2.52. The van der Waals surface area contributed by atoms with Crippen LogP contribution < -0.4 is 10.6 Å². The van der Waals surface area contributed by atoms with Gasteiger partial charge in [0, 0.05) is 40.1 Å². The molecule has 2 heterocycles. The standard InChI is InChI=1S/C26H33ClN4O4S/c1-25(2,3)30-17-9-10-20(26(4,13-17)24(34)35)31-12-11-18(23(31)33)28-21(32)22-29-19(14-36-22)15-5-7-16(27)8-6-15/h5-8,14,17-18,20,30H,9-13H2,1-4H3,(H,28,32)(H,34,35)/t17-,18+,20+,26-/m1/s1. The molecular weight excluding hydrogens is 500 g/mol. The van der Waals surface area contributed by atoms with Crippen LogP contribution >= 0.6 is 22.9 Å². The van der Waals surface area contributed by atoms with E-state index in [9.17, 15) is 19.5 Å². The smallest absolute Gasteiger partial charge is 0.311 e. The summed E-state index contributed by atoms with van der Waals surface area (Å²) in [6.07, 6.45) is 2.27. The van der Waals surface area contributed by atoms with Crippen molar-refractivity contribution in [3.63, 3.8) is 0 Å². The van der Waals surface area contributed by atoms with Gasteiger partial charge >= 0.3 is 5.97 Å². The fraction of sp³-hybridized carbons (Fsp3) is 0.538. The number of nitrogens with one attached hydrogen (secondary N) is 2. The van der Waals surface area contributed by atoms with Crippen molar-refractivity contribution in [2.24, 2.45) is 5.41 Å². The lowest BCUT2D eigenvalue weighted by Gasteiger charge is -2.47. The number of benzene rings is 1. The molecule has 8 nitrogen and oxygen atoms in total. The molecule has 194 valence electrons. The molecule has 1 aromatic carbocycles. The molecule has 10 heteroatoms. The van der Waals surface area contributed by atoms with Crippen molar-refractivity contribution in [2.75, 3.05) is 6.54 Å². The number of carboxylic acid groups (broad SMARTS) is 1. The van der Waals surface area contributed by atoms with Crippen LogP contribution in [0.25, 0.3) is 11.3 Å². The van der Waals surface area contributed by atoms with E-state index < -0.39 is 29.4 Å². The Morgan fingerprint density at radius 3 is 2.53 bits per heavy atom. The van der Waals surface area contributed by atoms with Crippen LogP contribution in [0.4, 0.5) is 0 Å². The van der Waals surface area contributed by atoms with Gasteiger partial charge in [0.15, 0.2) is 5.01 Å². The predicted molar refractivity (Wildman–Crippen MR) is 140 cm³/mol. The van der Waals surface area contributed by atoms with E-state index in [-0.39, 0.29) is 22.5 Å². The van der Waals surface area contributed by atoms with Crippen LogP contribution in [0.2, 0.25) is 5.02 Å². The molecule has 4 rings (SSSR count). The quantitative estimate of drug-likeness (QED) is 0.514. The first-order chi connectivity index (χ1) is 16.9. The van der Waals surface area contributed by atoms with Gasteiger partial charge in [0.2, 0.25) is 5.91 Å². The van der Waals surface area contributed by atoms with E-state index in [1.165, 1.54) is 11.3 Å². The zero-order valence-electron chi connectivity index (χ0n) is 21.0. The van der Waals surface area contributed by atoms with Crippen LogP contribution in [-0.4, -0.2) is 63.0 Å². The van der Waals surface area contributed by atoms with E-state index in [4.69, 9.17) is 11.6 Å². The molecule has 1 saturated carbocycles. The first-order valence-electron chi connectivity index (χ1n) is 12.2. The number of likely N-dealkylation sites (tertiary alicyclic amines) is 1. The average Bonchev–Trinajstić information content (AvgIpc) is 3.41.